The predicted molar refractivity (Wildman–Crippen MR) is 103 cm³/mol. The highest BCUT2D eigenvalue weighted by Crippen LogP contribution is 2.70. The summed E-state index contributed by atoms with van der Waals surface area (Å²) in [6.45, 7) is 2.78. The number of aliphatic hydroxyl groups excluding tert-OH is 1. The summed E-state index contributed by atoms with van der Waals surface area (Å²) < 4.78 is 23.9. The van der Waals surface area contributed by atoms with Gasteiger partial charge in [0.25, 0.3) is 0 Å². The van der Waals surface area contributed by atoms with Crippen molar-refractivity contribution in [2.45, 2.75) is 63.3 Å². The van der Waals surface area contributed by atoms with Crippen LogP contribution in [0.15, 0.2) is 11.6 Å². The van der Waals surface area contributed by atoms with Gasteiger partial charge in [0.05, 0.1) is 6.61 Å². The molecule has 6 rings (SSSR count). The van der Waals surface area contributed by atoms with Crippen LogP contribution in [0.4, 0.5) is 0 Å². The van der Waals surface area contributed by atoms with Crippen LogP contribution in [0, 0.1) is 28.6 Å². The van der Waals surface area contributed by atoms with E-state index >= 15 is 0 Å². The Kier molecular flexibility index (Phi) is 4.06. The molecule has 0 aromatic carbocycles. The molecule has 0 bridgehead atoms. The minimum atomic E-state index is -0.935. The van der Waals surface area contributed by atoms with Gasteiger partial charge < -0.3 is 24.1 Å². The second-order valence-corrected chi connectivity index (χ2v) is 10.4. The Morgan fingerprint density at radius 3 is 2.70 bits per heavy atom. The lowest BCUT2D eigenvalue weighted by Crippen LogP contribution is -2.66. The molecule has 2 saturated heterocycles. The minimum Gasteiger partial charge on any atom is -0.395 e. The van der Waals surface area contributed by atoms with Crippen molar-refractivity contribution in [1.29, 1.82) is 0 Å². The topological polar surface area (TPSA) is 91.3 Å². The number of carbonyl (C=O) groups is 2. The van der Waals surface area contributed by atoms with Gasteiger partial charge >= 0.3 is 0 Å². The largest absolute Gasteiger partial charge is 0.395 e. The minimum absolute atomic E-state index is 0.0614. The molecular weight excluding hydrogens is 388 g/mol. The van der Waals surface area contributed by atoms with Crippen molar-refractivity contribution in [3.63, 3.8) is 0 Å². The predicted octanol–water partition coefficient (Wildman–Crippen LogP) is 2.11. The van der Waals surface area contributed by atoms with Gasteiger partial charge in [-0.25, -0.2) is 0 Å². The van der Waals surface area contributed by atoms with E-state index in [-0.39, 0.29) is 49.5 Å². The third-order valence-corrected chi connectivity index (χ3v) is 9.68. The van der Waals surface area contributed by atoms with Gasteiger partial charge in [-0.15, -0.1) is 0 Å². The molecule has 2 aliphatic heterocycles. The first-order valence-corrected chi connectivity index (χ1v) is 11.3. The molecule has 3 saturated carbocycles. The van der Waals surface area contributed by atoms with Gasteiger partial charge in [0.15, 0.2) is 19.4 Å². The molecule has 1 unspecified atom stereocenters. The van der Waals surface area contributed by atoms with E-state index in [4.69, 9.17) is 18.9 Å². The van der Waals surface area contributed by atoms with E-state index in [2.05, 4.69) is 6.92 Å². The van der Waals surface area contributed by atoms with Crippen molar-refractivity contribution >= 4 is 11.6 Å². The lowest BCUT2D eigenvalue weighted by Gasteiger charge is -2.59. The monoisotopic (exact) mass is 418 g/mol. The summed E-state index contributed by atoms with van der Waals surface area (Å²) in [5.41, 5.74) is -0.663. The number of hydrogen-bond acceptors (Lipinski definition) is 7. The summed E-state index contributed by atoms with van der Waals surface area (Å²) in [6, 6.07) is 0. The number of aliphatic hydroxyl groups is 1. The molecule has 5 fully saturated rings. The zero-order valence-electron chi connectivity index (χ0n) is 17.5. The zero-order chi connectivity index (χ0) is 20.8. The maximum atomic E-state index is 13.8. The van der Waals surface area contributed by atoms with E-state index in [1.54, 1.807) is 6.08 Å². The second-order valence-electron chi connectivity index (χ2n) is 10.4. The molecule has 30 heavy (non-hydrogen) atoms. The molecule has 0 radical (unpaired) electrons. The van der Waals surface area contributed by atoms with E-state index in [9.17, 15) is 14.7 Å². The standard InChI is InChI=1S/C23H30O7/c1-20-9-18(26)19-16(3-2-14-8-15(25)4-6-21(14,19)10-24)17(20)5-7-22(20)23(30-13-28-22)11-27-12-29-23/h8,16-17,19,24H,2-7,9-13H2,1H3/t16-,17-,19+,20-,21+,22+,23?/m0/s1. The number of carbonyl (C=O) groups excluding carboxylic acids is 2. The summed E-state index contributed by atoms with van der Waals surface area (Å²) in [5.74, 6) is -0.379. The van der Waals surface area contributed by atoms with Crippen LogP contribution in [0.5, 0.6) is 0 Å². The fourth-order valence-electron chi connectivity index (χ4n) is 8.43. The average Bonchev–Trinajstić information content (AvgIpc) is 3.42. The van der Waals surface area contributed by atoms with Crippen LogP contribution in [0.25, 0.3) is 0 Å². The SMILES string of the molecule is C[C@]12CC(=O)[C@H]3[C@@H](CCC4=CC(=O)CC[C@@]43CO)[C@@H]1CC[C@@]21OCOC12COCO2. The number of ether oxygens (including phenoxy) is 4. The summed E-state index contributed by atoms with van der Waals surface area (Å²) >= 11 is 0. The number of fused-ring (bicyclic) bond motifs is 7. The Morgan fingerprint density at radius 1 is 1.10 bits per heavy atom. The molecule has 0 aromatic heterocycles. The molecular formula is C23H30O7. The Morgan fingerprint density at radius 2 is 1.93 bits per heavy atom. The van der Waals surface area contributed by atoms with Crippen LogP contribution in [0.2, 0.25) is 0 Å². The fourth-order valence-corrected chi connectivity index (χ4v) is 8.43. The highest BCUT2D eigenvalue weighted by atomic mass is 16.9. The van der Waals surface area contributed by atoms with Crippen LogP contribution in [0.3, 0.4) is 0 Å². The van der Waals surface area contributed by atoms with Gasteiger partial charge in [0.2, 0.25) is 5.79 Å². The summed E-state index contributed by atoms with van der Waals surface area (Å²) in [4.78, 5) is 25.9. The Hall–Kier alpha value is -1.12. The fraction of sp³-hybridized carbons (Fsp3) is 0.826. The van der Waals surface area contributed by atoms with Crippen molar-refractivity contribution in [2.24, 2.45) is 28.6 Å². The first-order chi connectivity index (χ1) is 14.4. The molecule has 6 aliphatic rings. The lowest BCUT2D eigenvalue weighted by molar-refractivity contribution is -0.246. The normalized spacial score (nSPS) is 52.5. The number of hydrogen-bond donors (Lipinski definition) is 1. The van der Waals surface area contributed by atoms with E-state index in [1.807, 2.05) is 0 Å². The van der Waals surface area contributed by atoms with Crippen molar-refractivity contribution in [3.8, 4) is 0 Å². The van der Waals surface area contributed by atoms with Gasteiger partial charge in [-0.05, 0) is 50.0 Å². The molecule has 2 heterocycles. The van der Waals surface area contributed by atoms with E-state index in [0.29, 0.717) is 25.9 Å². The Balaban J connectivity index is 1.42. The molecule has 0 aromatic rings. The van der Waals surface area contributed by atoms with Crippen LogP contribution in [-0.2, 0) is 28.5 Å². The van der Waals surface area contributed by atoms with Gasteiger partial charge in [0, 0.05) is 29.6 Å². The van der Waals surface area contributed by atoms with Gasteiger partial charge in [-0.1, -0.05) is 12.5 Å². The molecule has 7 nitrogen and oxygen atoms in total. The highest BCUT2D eigenvalue weighted by Gasteiger charge is 2.77. The molecule has 2 spiro atoms. The third kappa shape index (κ3) is 2.09. The first-order valence-electron chi connectivity index (χ1n) is 11.3. The molecule has 1 N–H and O–H groups in total. The maximum absolute atomic E-state index is 13.8. The number of rotatable bonds is 1. The van der Waals surface area contributed by atoms with Crippen molar-refractivity contribution in [3.05, 3.63) is 11.6 Å². The van der Waals surface area contributed by atoms with Crippen molar-refractivity contribution in [2.75, 3.05) is 26.8 Å². The Bertz CT molecular complexity index is 824. The van der Waals surface area contributed by atoms with Gasteiger partial charge in [-0.3, -0.25) is 9.59 Å². The van der Waals surface area contributed by atoms with Crippen molar-refractivity contribution in [1.82, 2.24) is 0 Å². The molecule has 4 aliphatic carbocycles. The second kappa shape index (κ2) is 6.23. The van der Waals surface area contributed by atoms with Crippen LogP contribution >= 0.6 is 0 Å². The third-order valence-electron chi connectivity index (χ3n) is 9.68. The summed E-state index contributed by atoms with van der Waals surface area (Å²) in [5, 5.41) is 10.5. The summed E-state index contributed by atoms with van der Waals surface area (Å²) in [7, 11) is 0. The highest BCUT2D eigenvalue weighted by molar-refractivity contribution is 5.93. The van der Waals surface area contributed by atoms with E-state index in [0.717, 1.165) is 31.3 Å². The smallest absolute Gasteiger partial charge is 0.226 e. The van der Waals surface area contributed by atoms with Gasteiger partial charge in [0.1, 0.15) is 18.0 Å². The maximum Gasteiger partial charge on any atom is 0.226 e. The Labute approximate surface area is 176 Å². The first kappa shape index (κ1) is 19.6. The number of ketones is 2. The quantitative estimate of drug-likeness (QED) is 0.697. The van der Waals surface area contributed by atoms with E-state index in [1.165, 1.54) is 0 Å². The van der Waals surface area contributed by atoms with Crippen LogP contribution < -0.4 is 0 Å². The molecule has 7 heteroatoms. The summed E-state index contributed by atoms with van der Waals surface area (Å²) in [6.07, 6.45) is 6.48. The molecule has 164 valence electrons. The molecule has 0 amide bonds. The van der Waals surface area contributed by atoms with Crippen molar-refractivity contribution < 1.29 is 33.6 Å². The molecule has 7 atom stereocenters. The number of Topliss-reactive ketones (excluding diaryl/α,β-unsaturated/α-hetero) is 1. The lowest BCUT2D eigenvalue weighted by atomic mass is 9.45. The average molecular weight is 418 g/mol. The van der Waals surface area contributed by atoms with Crippen LogP contribution in [-0.4, -0.2) is 54.9 Å². The van der Waals surface area contributed by atoms with Gasteiger partial charge in [-0.2, -0.15) is 0 Å². The zero-order valence-corrected chi connectivity index (χ0v) is 17.5. The van der Waals surface area contributed by atoms with Crippen LogP contribution in [0.1, 0.15) is 51.9 Å². The van der Waals surface area contributed by atoms with E-state index < -0.39 is 22.2 Å².